The highest BCUT2D eigenvalue weighted by atomic mass is 35.5. The summed E-state index contributed by atoms with van der Waals surface area (Å²) in [5.41, 5.74) is 4.28. The van der Waals surface area contributed by atoms with E-state index in [1.807, 2.05) is 28.9 Å². The van der Waals surface area contributed by atoms with Gasteiger partial charge in [-0.3, -0.25) is 4.79 Å². The van der Waals surface area contributed by atoms with E-state index in [1.54, 1.807) is 6.20 Å². The largest absolute Gasteiger partial charge is 0.350 e. The molecular weight excluding hydrogens is 421 g/mol. The normalized spacial score (nSPS) is 11.7. The fourth-order valence-corrected chi connectivity index (χ4v) is 3.34. The van der Waals surface area contributed by atoms with Crippen LogP contribution in [0.1, 0.15) is 49.7 Å². The summed E-state index contributed by atoms with van der Waals surface area (Å²) >= 11 is 0. The summed E-state index contributed by atoms with van der Waals surface area (Å²) in [6.07, 6.45) is 1.74. The van der Waals surface area contributed by atoms with E-state index in [4.69, 9.17) is 4.98 Å². The molecular formula is C22H31Cl2N5O. The van der Waals surface area contributed by atoms with Crippen molar-refractivity contribution in [3.8, 4) is 11.3 Å². The van der Waals surface area contributed by atoms with Crippen molar-refractivity contribution in [2.45, 2.75) is 46.7 Å². The van der Waals surface area contributed by atoms with Gasteiger partial charge in [-0.05, 0) is 45.9 Å². The van der Waals surface area contributed by atoms with E-state index < -0.39 is 0 Å². The highest BCUT2D eigenvalue weighted by Gasteiger charge is 2.19. The lowest BCUT2D eigenvalue weighted by Crippen LogP contribution is -2.38. The molecule has 1 atom stereocenters. The molecule has 3 aromatic rings. The van der Waals surface area contributed by atoms with E-state index >= 15 is 0 Å². The number of benzene rings is 1. The number of pyridine rings is 1. The number of carbonyl (C=O) groups is 1. The Bertz CT molecular complexity index is 987. The molecule has 0 spiro atoms. The van der Waals surface area contributed by atoms with Crippen LogP contribution in [0, 0.1) is 6.92 Å². The predicted molar refractivity (Wildman–Crippen MR) is 128 cm³/mol. The maximum absolute atomic E-state index is 13.0. The topological polar surface area (TPSA) is 71.8 Å². The second-order valence-electron chi connectivity index (χ2n) is 7.46. The molecule has 0 saturated heterocycles. The summed E-state index contributed by atoms with van der Waals surface area (Å²) in [7, 11) is 0. The Kier molecular flexibility index (Phi) is 9.75. The number of hydrogen-bond acceptors (Lipinski definition) is 4. The molecule has 0 fully saturated rings. The van der Waals surface area contributed by atoms with Gasteiger partial charge in [0.05, 0.1) is 22.8 Å². The lowest BCUT2D eigenvalue weighted by Gasteiger charge is -2.15. The lowest BCUT2D eigenvalue weighted by atomic mass is 10.0. The number of rotatable bonds is 7. The van der Waals surface area contributed by atoms with E-state index in [2.05, 4.69) is 56.4 Å². The second-order valence-corrected chi connectivity index (χ2v) is 7.46. The first kappa shape index (κ1) is 25.9. The minimum atomic E-state index is -0.102. The van der Waals surface area contributed by atoms with Crippen LogP contribution in [-0.4, -0.2) is 39.8 Å². The first-order valence-corrected chi connectivity index (χ1v) is 9.88. The molecule has 1 aromatic carbocycles. The van der Waals surface area contributed by atoms with Gasteiger partial charge in [0.25, 0.3) is 5.91 Å². The Balaban J connectivity index is 0.00000225. The van der Waals surface area contributed by atoms with Crippen LogP contribution >= 0.6 is 24.8 Å². The van der Waals surface area contributed by atoms with Crippen molar-refractivity contribution >= 4 is 41.8 Å². The second kappa shape index (κ2) is 11.3. The van der Waals surface area contributed by atoms with Gasteiger partial charge in [-0.15, -0.1) is 24.8 Å². The molecule has 8 heteroatoms. The van der Waals surface area contributed by atoms with Crippen molar-refractivity contribution in [1.29, 1.82) is 0 Å². The number of nitrogens with one attached hydrogen (secondary N) is 2. The van der Waals surface area contributed by atoms with Gasteiger partial charge < -0.3 is 10.6 Å². The van der Waals surface area contributed by atoms with Crippen LogP contribution in [0.25, 0.3) is 22.3 Å². The van der Waals surface area contributed by atoms with Gasteiger partial charge in [0, 0.05) is 24.2 Å². The van der Waals surface area contributed by atoms with Crippen molar-refractivity contribution in [2.24, 2.45) is 0 Å². The number of hydrogen-bond donors (Lipinski definition) is 2. The molecule has 2 aromatic heterocycles. The van der Waals surface area contributed by atoms with Gasteiger partial charge in [-0.25, -0.2) is 9.67 Å². The Hall–Kier alpha value is -2.15. The molecule has 0 aliphatic rings. The van der Waals surface area contributed by atoms with Gasteiger partial charge in [0.2, 0.25) is 0 Å². The monoisotopic (exact) mass is 451 g/mol. The third-order valence-electron chi connectivity index (χ3n) is 4.84. The average Bonchev–Trinajstić information content (AvgIpc) is 3.10. The first-order valence-electron chi connectivity index (χ1n) is 9.88. The van der Waals surface area contributed by atoms with E-state index in [9.17, 15) is 4.79 Å². The minimum Gasteiger partial charge on any atom is -0.350 e. The van der Waals surface area contributed by atoms with E-state index in [1.165, 1.54) is 0 Å². The highest BCUT2D eigenvalue weighted by molar-refractivity contribution is 6.06. The molecule has 0 radical (unpaired) electrons. The third-order valence-corrected chi connectivity index (χ3v) is 4.84. The van der Waals surface area contributed by atoms with E-state index in [0.717, 1.165) is 34.4 Å². The smallest absolute Gasteiger partial charge is 0.252 e. The summed E-state index contributed by atoms with van der Waals surface area (Å²) in [6.45, 7) is 11.7. The molecule has 2 heterocycles. The first-order chi connectivity index (χ1) is 13.4. The van der Waals surface area contributed by atoms with Gasteiger partial charge >= 0.3 is 0 Å². The molecule has 0 aliphatic carbocycles. The zero-order chi connectivity index (χ0) is 20.3. The maximum atomic E-state index is 13.0. The maximum Gasteiger partial charge on any atom is 0.252 e. The number of aryl methyl sites for hydroxylation is 1. The quantitative estimate of drug-likeness (QED) is 0.552. The van der Waals surface area contributed by atoms with Gasteiger partial charge in [-0.2, -0.15) is 5.10 Å². The Labute approximate surface area is 190 Å². The fraction of sp³-hybridized carbons (Fsp3) is 0.409. The molecule has 0 bridgehead atoms. The molecule has 3 rings (SSSR count). The number of fused-ring (bicyclic) bond motifs is 1. The van der Waals surface area contributed by atoms with Crippen LogP contribution in [0.2, 0.25) is 0 Å². The number of likely N-dealkylation sites (N-methyl/N-ethyl adjacent to an activating group) is 1. The summed E-state index contributed by atoms with van der Waals surface area (Å²) in [6, 6.07) is 10.3. The van der Waals surface area contributed by atoms with Crippen LogP contribution in [0.5, 0.6) is 0 Å². The van der Waals surface area contributed by atoms with Gasteiger partial charge in [-0.1, -0.05) is 31.2 Å². The van der Waals surface area contributed by atoms with Crippen molar-refractivity contribution in [3.05, 3.63) is 47.7 Å². The summed E-state index contributed by atoms with van der Waals surface area (Å²) in [5, 5.41) is 11.6. The van der Waals surface area contributed by atoms with Crippen LogP contribution < -0.4 is 10.6 Å². The van der Waals surface area contributed by atoms with Crippen LogP contribution in [0.15, 0.2) is 36.5 Å². The van der Waals surface area contributed by atoms with Crippen LogP contribution in [0.4, 0.5) is 0 Å². The molecule has 0 aliphatic heterocycles. The van der Waals surface area contributed by atoms with Crippen molar-refractivity contribution in [3.63, 3.8) is 0 Å². The van der Waals surface area contributed by atoms with E-state index in [0.29, 0.717) is 12.1 Å². The van der Waals surface area contributed by atoms with Crippen molar-refractivity contribution < 1.29 is 4.79 Å². The average molecular weight is 452 g/mol. The Morgan fingerprint density at radius 3 is 2.50 bits per heavy atom. The van der Waals surface area contributed by atoms with Crippen LogP contribution in [0.3, 0.4) is 0 Å². The summed E-state index contributed by atoms with van der Waals surface area (Å²) in [4.78, 5) is 17.9. The zero-order valence-corrected chi connectivity index (χ0v) is 19.7. The molecule has 1 amide bonds. The fourth-order valence-electron chi connectivity index (χ4n) is 3.34. The number of aromatic nitrogens is 3. The third kappa shape index (κ3) is 5.50. The summed E-state index contributed by atoms with van der Waals surface area (Å²) in [5.74, 6) is -0.102. The van der Waals surface area contributed by atoms with E-state index in [-0.39, 0.29) is 42.8 Å². The summed E-state index contributed by atoms with van der Waals surface area (Å²) < 4.78 is 1.87. The number of carbonyl (C=O) groups excluding carboxylic acids is 1. The molecule has 30 heavy (non-hydrogen) atoms. The number of halogens is 2. The molecule has 0 saturated carbocycles. The number of nitrogens with zero attached hydrogens (tertiary/aromatic N) is 3. The zero-order valence-electron chi connectivity index (χ0n) is 18.1. The Morgan fingerprint density at radius 1 is 1.17 bits per heavy atom. The van der Waals surface area contributed by atoms with Gasteiger partial charge in [0.1, 0.15) is 0 Å². The minimum absolute atomic E-state index is 0. The van der Waals surface area contributed by atoms with Crippen LogP contribution in [-0.2, 0) is 0 Å². The molecule has 2 N–H and O–H groups in total. The molecule has 164 valence electrons. The number of amides is 1. The van der Waals surface area contributed by atoms with Crippen molar-refractivity contribution in [2.75, 3.05) is 13.1 Å². The Morgan fingerprint density at radius 2 is 1.87 bits per heavy atom. The molecule has 6 nitrogen and oxygen atoms in total. The van der Waals surface area contributed by atoms with Gasteiger partial charge in [0.15, 0.2) is 5.65 Å². The highest BCUT2D eigenvalue weighted by Crippen LogP contribution is 2.28. The lowest BCUT2D eigenvalue weighted by molar-refractivity contribution is 0.0952. The van der Waals surface area contributed by atoms with Crippen molar-refractivity contribution in [1.82, 2.24) is 25.4 Å². The SMILES string of the molecule is CCN[C@H](C)CNC(=O)c1cc(-c2ccccc2C)nc2c1cnn2C(C)C.Cl.Cl. The predicted octanol–water partition coefficient (Wildman–Crippen LogP) is 4.56. The standard InChI is InChI=1S/C22H29N5O.2ClH/c1-6-23-16(5)12-24-22(28)18-11-20(17-10-8-7-9-15(17)4)26-21-19(18)13-25-27(21)14(2)3;;/h7-11,13-14,16,23H,6,12H2,1-5H3,(H,24,28);2*1H/t16-;;/m1../s1. The molecule has 0 unspecified atom stereocenters.